The molecule has 0 aliphatic carbocycles. The second-order valence-electron chi connectivity index (χ2n) is 2.69. The van der Waals surface area contributed by atoms with Crippen LogP contribution in [0, 0.1) is 0 Å². The van der Waals surface area contributed by atoms with Crippen molar-refractivity contribution in [3.63, 3.8) is 0 Å². The number of anilines is 1. The molecule has 0 spiro atoms. The van der Waals surface area contributed by atoms with Crippen LogP contribution in [0.25, 0.3) is 0 Å². The highest BCUT2D eigenvalue weighted by molar-refractivity contribution is 7.79. The molecule has 0 radical (unpaired) electrons. The lowest BCUT2D eigenvalue weighted by Gasteiger charge is -2.08. The Morgan fingerprint density at radius 3 is 2.20 bits per heavy atom. The number of hydrogen-bond donors (Lipinski definition) is 2. The first-order chi connectivity index (χ1) is 6.91. The summed E-state index contributed by atoms with van der Waals surface area (Å²) in [6.07, 6.45) is 0. The summed E-state index contributed by atoms with van der Waals surface area (Å²) in [6.45, 7) is 1.31. The lowest BCUT2D eigenvalue weighted by Crippen LogP contribution is -2.07. The Balaban J connectivity index is 3.21. The second kappa shape index (κ2) is 4.94. The Morgan fingerprint density at radius 2 is 1.87 bits per heavy atom. The largest absolute Gasteiger partial charge is 0.324 e. The summed E-state index contributed by atoms with van der Waals surface area (Å²) in [7, 11) is 0. The highest BCUT2D eigenvalue weighted by Crippen LogP contribution is 2.32. The van der Waals surface area contributed by atoms with Gasteiger partial charge in [0.05, 0.1) is 20.6 Å². The van der Waals surface area contributed by atoms with Crippen molar-refractivity contribution in [1.82, 2.24) is 0 Å². The Bertz CT molecular complexity index is 413. The summed E-state index contributed by atoms with van der Waals surface area (Å²) < 4.78 is 19.6. The Hall–Kier alpha value is -0.620. The van der Waals surface area contributed by atoms with E-state index in [-0.39, 0.29) is 26.5 Å². The van der Waals surface area contributed by atoms with E-state index in [1.54, 1.807) is 0 Å². The Morgan fingerprint density at radius 1 is 1.40 bits per heavy atom. The zero-order chi connectivity index (χ0) is 11.6. The molecule has 4 nitrogen and oxygen atoms in total. The number of rotatable bonds is 2. The fourth-order valence-corrected chi connectivity index (χ4v) is 2.09. The van der Waals surface area contributed by atoms with Gasteiger partial charge >= 0.3 is 0 Å². The van der Waals surface area contributed by atoms with E-state index < -0.39 is 11.1 Å². The zero-order valence-corrected chi connectivity index (χ0v) is 9.91. The Kier molecular flexibility index (Phi) is 4.10. The van der Waals surface area contributed by atoms with E-state index in [0.29, 0.717) is 0 Å². The molecule has 1 rings (SSSR count). The van der Waals surface area contributed by atoms with Crippen LogP contribution >= 0.6 is 23.2 Å². The van der Waals surface area contributed by atoms with E-state index in [9.17, 15) is 9.00 Å². The molecule has 0 bridgehead atoms. The van der Waals surface area contributed by atoms with Gasteiger partial charge in [-0.3, -0.25) is 4.79 Å². The third-order valence-corrected chi connectivity index (χ3v) is 2.75. The van der Waals surface area contributed by atoms with Crippen LogP contribution in [0.1, 0.15) is 6.92 Å². The fourth-order valence-electron chi connectivity index (χ4n) is 0.946. The predicted molar refractivity (Wildman–Crippen MR) is 59.8 cm³/mol. The van der Waals surface area contributed by atoms with Gasteiger partial charge < -0.3 is 9.87 Å². The van der Waals surface area contributed by atoms with Gasteiger partial charge in [-0.2, -0.15) is 0 Å². The molecule has 2 N–H and O–H groups in total. The van der Waals surface area contributed by atoms with Crippen LogP contribution in [-0.4, -0.2) is 14.7 Å². The molecule has 0 saturated carbocycles. The number of nitrogens with one attached hydrogen (secondary N) is 1. The van der Waals surface area contributed by atoms with Crippen LogP contribution in [0.15, 0.2) is 17.0 Å². The van der Waals surface area contributed by atoms with E-state index in [0.717, 1.165) is 0 Å². The molecule has 7 heteroatoms. The van der Waals surface area contributed by atoms with Crippen LogP contribution in [0.5, 0.6) is 0 Å². The van der Waals surface area contributed by atoms with E-state index in [1.165, 1.54) is 19.1 Å². The van der Waals surface area contributed by atoms with Crippen molar-refractivity contribution in [1.29, 1.82) is 0 Å². The molecule has 1 aromatic carbocycles. The van der Waals surface area contributed by atoms with E-state index in [2.05, 4.69) is 5.32 Å². The normalized spacial score (nSPS) is 12.3. The lowest BCUT2D eigenvalue weighted by atomic mass is 10.3. The minimum atomic E-state index is -2.15. The van der Waals surface area contributed by atoms with Crippen molar-refractivity contribution in [3.05, 3.63) is 22.2 Å². The first kappa shape index (κ1) is 12.4. The molecule has 1 aromatic rings. The SMILES string of the molecule is CC(=O)Nc1c(Cl)cc(S(=O)O)cc1Cl. The molecule has 1 atom stereocenters. The molecule has 1 amide bonds. The topological polar surface area (TPSA) is 66.4 Å². The average Bonchev–Trinajstić information content (AvgIpc) is 2.10. The minimum absolute atomic E-state index is 0.0825. The van der Waals surface area contributed by atoms with Crippen molar-refractivity contribution in [3.8, 4) is 0 Å². The number of halogens is 2. The summed E-state index contributed by atoms with van der Waals surface area (Å²) in [6, 6.07) is 2.55. The van der Waals surface area contributed by atoms with Crippen LogP contribution in [0.3, 0.4) is 0 Å². The number of benzene rings is 1. The molecule has 0 aliphatic rings. The first-order valence-corrected chi connectivity index (χ1v) is 5.65. The molecular weight excluding hydrogens is 261 g/mol. The van der Waals surface area contributed by atoms with Gasteiger partial charge in [0.2, 0.25) is 5.91 Å². The molecule has 0 saturated heterocycles. The van der Waals surface area contributed by atoms with Gasteiger partial charge in [0.1, 0.15) is 0 Å². The highest BCUT2D eigenvalue weighted by Gasteiger charge is 2.11. The third kappa shape index (κ3) is 3.17. The maximum absolute atomic E-state index is 10.8. The predicted octanol–water partition coefficient (Wildman–Crippen LogP) is 2.53. The molecule has 0 heterocycles. The molecular formula is C8H7Cl2NO3S. The molecule has 15 heavy (non-hydrogen) atoms. The third-order valence-electron chi connectivity index (χ3n) is 1.52. The van der Waals surface area contributed by atoms with Gasteiger partial charge in [-0.15, -0.1) is 0 Å². The maximum atomic E-state index is 10.8. The van der Waals surface area contributed by atoms with Crippen LogP contribution in [0.4, 0.5) is 5.69 Å². The van der Waals surface area contributed by atoms with Crippen molar-refractivity contribution >= 4 is 45.9 Å². The molecule has 82 valence electrons. The van der Waals surface area contributed by atoms with Gasteiger partial charge in [-0.1, -0.05) is 23.2 Å². The average molecular weight is 268 g/mol. The van der Waals surface area contributed by atoms with Gasteiger partial charge in [0.15, 0.2) is 11.1 Å². The lowest BCUT2D eigenvalue weighted by molar-refractivity contribution is -0.114. The molecule has 0 aromatic heterocycles. The van der Waals surface area contributed by atoms with Crippen molar-refractivity contribution in [2.75, 3.05) is 5.32 Å². The fraction of sp³-hybridized carbons (Fsp3) is 0.125. The van der Waals surface area contributed by atoms with Crippen molar-refractivity contribution < 1.29 is 13.6 Å². The molecule has 1 unspecified atom stereocenters. The summed E-state index contributed by atoms with van der Waals surface area (Å²) in [5.74, 6) is -0.323. The van der Waals surface area contributed by atoms with Crippen LogP contribution in [0.2, 0.25) is 10.0 Å². The number of carbonyl (C=O) groups excluding carboxylic acids is 1. The standard InChI is InChI=1S/C8H7Cl2NO3S/c1-4(12)11-8-6(9)2-5(15(13)14)3-7(8)10/h2-3H,1H3,(H,11,12)(H,13,14). The second-order valence-corrected chi connectivity index (χ2v) is 4.48. The van der Waals surface area contributed by atoms with Crippen molar-refractivity contribution in [2.45, 2.75) is 11.8 Å². The molecule has 0 aliphatic heterocycles. The highest BCUT2D eigenvalue weighted by atomic mass is 35.5. The monoisotopic (exact) mass is 267 g/mol. The number of amides is 1. The summed E-state index contributed by atoms with van der Waals surface area (Å²) in [5.41, 5.74) is 0.236. The van der Waals surface area contributed by atoms with Crippen LogP contribution < -0.4 is 5.32 Å². The minimum Gasteiger partial charge on any atom is -0.324 e. The van der Waals surface area contributed by atoms with E-state index in [4.69, 9.17) is 27.8 Å². The van der Waals surface area contributed by atoms with E-state index >= 15 is 0 Å². The number of carbonyl (C=O) groups is 1. The quantitative estimate of drug-likeness (QED) is 0.810. The Labute approximate surface area is 98.9 Å². The van der Waals surface area contributed by atoms with Gasteiger partial charge in [-0.05, 0) is 12.1 Å². The van der Waals surface area contributed by atoms with Gasteiger partial charge in [0, 0.05) is 6.92 Å². The smallest absolute Gasteiger partial charge is 0.221 e. The summed E-state index contributed by atoms with van der Waals surface area (Å²) in [5, 5.41) is 2.67. The summed E-state index contributed by atoms with van der Waals surface area (Å²) >= 11 is 9.40. The zero-order valence-electron chi connectivity index (χ0n) is 7.58. The van der Waals surface area contributed by atoms with Crippen LogP contribution in [-0.2, 0) is 15.9 Å². The molecule has 0 fully saturated rings. The summed E-state index contributed by atoms with van der Waals surface area (Å²) in [4.78, 5) is 10.9. The van der Waals surface area contributed by atoms with Gasteiger partial charge in [0.25, 0.3) is 0 Å². The van der Waals surface area contributed by atoms with Gasteiger partial charge in [-0.25, -0.2) is 4.21 Å². The maximum Gasteiger partial charge on any atom is 0.221 e. The first-order valence-electron chi connectivity index (χ1n) is 3.79. The van der Waals surface area contributed by atoms with Crippen molar-refractivity contribution in [2.24, 2.45) is 0 Å². The number of hydrogen-bond acceptors (Lipinski definition) is 2. The van der Waals surface area contributed by atoms with E-state index in [1.807, 2.05) is 0 Å².